The molecule has 1 saturated heterocycles. The van der Waals surface area contributed by atoms with Crippen molar-refractivity contribution in [3.8, 4) is 11.8 Å². The van der Waals surface area contributed by atoms with Crippen LogP contribution < -0.4 is 9.64 Å². The second kappa shape index (κ2) is 8.24. The fourth-order valence-electron chi connectivity index (χ4n) is 3.10. The Balaban J connectivity index is 1.50. The van der Waals surface area contributed by atoms with E-state index < -0.39 is 0 Å². The van der Waals surface area contributed by atoms with Crippen LogP contribution in [0.1, 0.15) is 11.1 Å². The predicted octanol–water partition coefficient (Wildman–Crippen LogP) is 3.58. The molecule has 3 rings (SSSR count). The first-order chi connectivity index (χ1) is 12.2. The molecule has 1 heterocycles. The van der Waals surface area contributed by atoms with Gasteiger partial charge in [0.25, 0.3) is 0 Å². The SMILES string of the molecule is COc1ccc(CCN2CCN(c3ccc(C#N)c(Cl)c3)CC2)cc1. The first-order valence-corrected chi connectivity index (χ1v) is 8.87. The molecule has 0 amide bonds. The third kappa shape index (κ3) is 4.45. The fourth-order valence-corrected chi connectivity index (χ4v) is 3.32. The van der Waals surface area contributed by atoms with Gasteiger partial charge in [0.05, 0.1) is 17.7 Å². The Bertz CT molecular complexity index is 747. The van der Waals surface area contributed by atoms with Crippen LogP contribution in [0, 0.1) is 11.3 Å². The van der Waals surface area contributed by atoms with Crippen LogP contribution >= 0.6 is 11.6 Å². The van der Waals surface area contributed by atoms with Crippen molar-refractivity contribution in [3.05, 3.63) is 58.6 Å². The molecule has 25 heavy (non-hydrogen) atoms. The monoisotopic (exact) mass is 355 g/mol. The molecule has 1 fully saturated rings. The summed E-state index contributed by atoms with van der Waals surface area (Å²) in [4.78, 5) is 4.82. The summed E-state index contributed by atoms with van der Waals surface area (Å²) in [6, 6.07) is 16.1. The maximum absolute atomic E-state index is 8.97. The summed E-state index contributed by atoms with van der Waals surface area (Å²) in [5, 5.41) is 9.50. The fraction of sp³-hybridized carbons (Fsp3) is 0.350. The van der Waals surface area contributed by atoms with Crippen LogP contribution in [0.3, 0.4) is 0 Å². The van der Waals surface area contributed by atoms with E-state index >= 15 is 0 Å². The average molecular weight is 356 g/mol. The topological polar surface area (TPSA) is 39.5 Å². The Labute approximate surface area is 154 Å². The van der Waals surface area contributed by atoms with E-state index in [2.05, 4.69) is 28.0 Å². The number of anilines is 1. The van der Waals surface area contributed by atoms with Gasteiger partial charge in [-0.3, -0.25) is 4.90 Å². The molecule has 5 heteroatoms. The van der Waals surface area contributed by atoms with Crippen molar-refractivity contribution in [2.75, 3.05) is 44.7 Å². The van der Waals surface area contributed by atoms with Gasteiger partial charge in [0.2, 0.25) is 0 Å². The van der Waals surface area contributed by atoms with Crippen molar-refractivity contribution in [1.29, 1.82) is 5.26 Å². The summed E-state index contributed by atoms with van der Waals surface area (Å²) in [5.41, 5.74) is 2.96. The minimum Gasteiger partial charge on any atom is -0.497 e. The highest BCUT2D eigenvalue weighted by Crippen LogP contribution is 2.24. The van der Waals surface area contributed by atoms with Gasteiger partial charge in [0.15, 0.2) is 0 Å². The molecule has 1 aliphatic heterocycles. The lowest BCUT2D eigenvalue weighted by Crippen LogP contribution is -2.47. The molecular formula is C20H22ClN3O. The third-order valence-electron chi connectivity index (χ3n) is 4.69. The molecule has 2 aromatic carbocycles. The molecule has 0 unspecified atom stereocenters. The van der Waals surface area contributed by atoms with Crippen LogP contribution in [0.4, 0.5) is 5.69 Å². The Morgan fingerprint density at radius 1 is 1.08 bits per heavy atom. The van der Waals surface area contributed by atoms with E-state index in [1.165, 1.54) is 5.56 Å². The zero-order chi connectivity index (χ0) is 17.6. The lowest BCUT2D eigenvalue weighted by atomic mass is 10.1. The van der Waals surface area contributed by atoms with Crippen LogP contribution in [-0.2, 0) is 6.42 Å². The Morgan fingerprint density at radius 2 is 1.80 bits per heavy atom. The highest BCUT2D eigenvalue weighted by Gasteiger charge is 2.17. The number of nitrogens with zero attached hydrogens (tertiary/aromatic N) is 3. The lowest BCUT2D eigenvalue weighted by molar-refractivity contribution is 0.261. The van der Waals surface area contributed by atoms with E-state index in [0.29, 0.717) is 10.6 Å². The molecule has 4 nitrogen and oxygen atoms in total. The standard InChI is InChI=1S/C20H22ClN3O/c1-25-19-6-2-16(3-7-19)8-9-23-10-12-24(13-11-23)18-5-4-17(15-22)20(21)14-18/h2-7,14H,8-13H2,1H3. The number of hydrogen-bond donors (Lipinski definition) is 0. The number of halogens is 1. The maximum atomic E-state index is 8.97. The molecule has 2 aromatic rings. The van der Waals surface area contributed by atoms with Crippen molar-refractivity contribution in [2.45, 2.75) is 6.42 Å². The smallest absolute Gasteiger partial charge is 0.118 e. The van der Waals surface area contributed by atoms with Crippen LogP contribution in [-0.4, -0.2) is 44.7 Å². The molecular weight excluding hydrogens is 334 g/mol. The summed E-state index contributed by atoms with van der Waals surface area (Å²) in [7, 11) is 1.69. The van der Waals surface area contributed by atoms with Gasteiger partial charge in [-0.1, -0.05) is 23.7 Å². The van der Waals surface area contributed by atoms with E-state index in [0.717, 1.165) is 50.6 Å². The summed E-state index contributed by atoms with van der Waals surface area (Å²) in [6.07, 6.45) is 1.05. The van der Waals surface area contributed by atoms with Gasteiger partial charge in [-0.2, -0.15) is 5.26 Å². The summed E-state index contributed by atoms with van der Waals surface area (Å²) in [5.74, 6) is 0.901. The minimum atomic E-state index is 0.530. The van der Waals surface area contributed by atoms with Crippen LogP contribution in [0.15, 0.2) is 42.5 Å². The van der Waals surface area contributed by atoms with E-state index in [9.17, 15) is 0 Å². The Kier molecular flexibility index (Phi) is 5.80. The number of nitriles is 1. The maximum Gasteiger partial charge on any atom is 0.118 e. The quantitative estimate of drug-likeness (QED) is 0.821. The number of piperazine rings is 1. The first-order valence-electron chi connectivity index (χ1n) is 8.49. The molecule has 0 spiro atoms. The number of methoxy groups -OCH3 is 1. The third-order valence-corrected chi connectivity index (χ3v) is 5.00. The summed E-state index contributed by atoms with van der Waals surface area (Å²) < 4.78 is 5.20. The predicted molar refractivity (Wildman–Crippen MR) is 102 cm³/mol. The minimum absolute atomic E-state index is 0.530. The Morgan fingerprint density at radius 3 is 2.40 bits per heavy atom. The molecule has 0 aromatic heterocycles. The van der Waals surface area contributed by atoms with Gasteiger partial charge in [-0.05, 0) is 42.3 Å². The highest BCUT2D eigenvalue weighted by atomic mass is 35.5. The van der Waals surface area contributed by atoms with Gasteiger partial charge in [-0.25, -0.2) is 0 Å². The van der Waals surface area contributed by atoms with Gasteiger partial charge in [0, 0.05) is 38.4 Å². The van der Waals surface area contributed by atoms with Gasteiger partial charge < -0.3 is 9.64 Å². The molecule has 0 atom stereocenters. The second-order valence-corrected chi connectivity index (χ2v) is 6.61. The number of hydrogen-bond acceptors (Lipinski definition) is 4. The molecule has 0 N–H and O–H groups in total. The van der Waals surface area contributed by atoms with E-state index in [1.807, 2.05) is 24.3 Å². The highest BCUT2D eigenvalue weighted by molar-refractivity contribution is 6.32. The molecule has 1 aliphatic rings. The molecule has 0 aliphatic carbocycles. The van der Waals surface area contributed by atoms with Crippen molar-refractivity contribution >= 4 is 17.3 Å². The van der Waals surface area contributed by atoms with Gasteiger partial charge in [-0.15, -0.1) is 0 Å². The zero-order valence-electron chi connectivity index (χ0n) is 14.4. The molecule has 0 saturated carbocycles. The molecule has 0 radical (unpaired) electrons. The zero-order valence-corrected chi connectivity index (χ0v) is 15.2. The molecule has 130 valence electrons. The van der Waals surface area contributed by atoms with Gasteiger partial charge in [0.1, 0.15) is 11.8 Å². The lowest BCUT2D eigenvalue weighted by Gasteiger charge is -2.36. The van der Waals surface area contributed by atoms with Crippen molar-refractivity contribution in [3.63, 3.8) is 0 Å². The second-order valence-electron chi connectivity index (χ2n) is 6.20. The van der Waals surface area contributed by atoms with Crippen LogP contribution in [0.5, 0.6) is 5.75 Å². The van der Waals surface area contributed by atoms with Crippen LogP contribution in [0.25, 0.3) is 0 Å². The van der Waals surface area contributed by atoms with Gasteiger partial charge >= 0.3 is 0 Å². The van der Waals surface area contributed by atoms with E-state index in [1.54, 1.807) is 13.2 Å². The summed E-state index contributed by atoms with van der Waals surface area (Å²) in [6.45, 7) is 5.09. The average Bonchev–Trinajstić information content (AvgIpc) is 2.67. The van der Waals surface area contributed by atoms with E-state index in [4.69, 9.17) is 21.6 Å². The van der Waals surface area contributed by atoms with Crippen LogP contribution in [0.2, 0.25) is 5.02 Å². The van der Waals surface area contributed by atoms with Crippen molar-refractivity contribution < 1.29 is 4.74 Å². The Hall–Kier alpha value is -2.22. The number of ether oxygens (including phenoxy) is 1. The summed E-state index contributed by atoms with van der Waals surface area (Å²) >= 11 is 6.15. The largest absolute Gasteiger partial charge is 0.497 e. The van der Waals surface area contributed by atoms with Crippen molar-refractivity contribution in [1.82, 2.24) is 4.90 Å². The molecule has 0 bridgehead atoms. The number of rotatable bonds is 5. The normalized spacial score (nSPS) is 15.0. The first kappa shape index (κ1) is 17.6. The van der Waals surface area contributed by atoms with E-state index in [-0.39, 0.29) is 0 Å². The number of benzene rings is 2. The van der Waals surface area contributed by atoms with Crippen molar-refractivity contribution in [2.24, 2.45) is 0 Å².